The SMILES string of the molecule is CCc1ccccc1-c1ccc[se]1. The van der Waals surface area contributed by atoms with Gasteiger partial charge < -0.3 is 0 Å². The zero-order valence-corrected chi connectivity index (χ0v) is 9.37. The van der Waals surface area contributed by atoms with Gasteiger partial charge in [-0.05, 0) is 0 Å². The second-order valence-corrected chi connectivity index (χ2v) is 4.98. The Morgan fingerprint density at radius 1 is 1.08 bits per heavy atom. The van der Waals surface area contributed by atoms with Crippen LogP contribution in [0.2, 0.25) is 0 Å². The van der Waals surface area contributed by atoms with Gasteiger partial charge in [-0.15, -0.1) is 0 Å². The Morgan fingerprint density at radius 3 is 2.62 bits per heavy atom. The van der Waals surface area contributed by atoms with E-state index >= 15 is 0 Å². The Kier molecular flexibility index (Phi) is 2.68. The molecule has 0 aliphatic rings. The fourth-order valence-electron chi connectivity index (χ4n) is 1.50. The van der Waals surface area contributed by atoms with Crippen molar-refractivity contribution in [2.45, 2.75) is 13.3 Å². The van der Waals surface area contributed by atoms with Gasteiger partial charge in [-0.1, -0.05) is 0 Å². The molecule has 13 heavy (non-hydrogen) atoms. The molecular weight excluding hydrogens is 223 g/mol. The van der Waals surface area contributed by atoms with Gasteiger partial charge in [0.25, 0.3) is 0 Å². The molecule has 1 heteroatoms. The molecule has 0 radical (unpaired) electrons. The molecule has 0 amide bonds. The minimum absolute atomic E-state index is 0.561. The molecular formula is C12H12Se. The topological polar surface area (TPSA) is 0 Å². The van der Waals surface area contributed by atoms with E-state index in [0.717, 1.165) is 6.42 Å². The third-order valence-corrected chi connectivity index (χ3v) is 4.08. The second kappa shape index (κ2) is 3.95. The fraction of sp³-hybridized carbons (Fsp3) is 0.167. The van der Waals surface area contributed by atoms with Crippen LogP contribution in [0, 0.1) is 0 Å². The fourth-order valence-corrected chi connectivity index (χ4v) is 3.15. The molecule has 0 N–H and O–H groups in total. The van der Waals surface area contributed by atoms with Gasteiger partial charge in [-0.25, -0.2) is 0 Å². The molecule has 0 aliphatic heterocycles. The van der Waals surface area contributed by atoms with E-state index in [-0.39, 0.29) is 0 Å². The van der Waals surface area contributed by atoms with Crippen molar-refractivity contribution in [3.05, 3.63) is 46.9 Å². The molecule has 66 valence electrons. The van der Waals surface area contributed by atoms with Crippen molar-refractivity contribution in [2.24, 2.45) is 0 Å². The quantitative estimate of drug-likeness (QED) is 0.702. The molecule has 1 aromatic heterocycles. The number of aryl methyl sites for hydroxylation is 1. The monoisotopic (exact) mass is 236 g/mol. The molecule has 0 saturated heterocycles. The van der Waals surface area contributed by atoms with Gasteiger partial charge in [0.15, 0.2) is 0 Å². The minimum atomic E-state index is 0.561. The Balaban J connectivity index is 2.51. The summed E-state index contributed by atoms with van der Waals surface area (Å²) in [5, 5.41) is 0. The summed E-state index contributed by atoms with van der Waals surface area (Å²) in [6.07, 6.45) is 1.13. The van der Waals surface area contributed by atoms with Crippen LogP contribution in [0.15, 0.2) is 41.3 Å². The summed E-state index contributed by atoms with van der Waals surface area (Å²) in [6.45, 7) is 2.22. The van der Waals surface area contributed by atoms with Gasteiger partial charge >= 0.3 is 84.8 Å². The first kappa shape index (κ1) is 8.80. The van der Waals surface area contributed by atoms with Gasteiger partial charge in [-0.3, -0.25) is 0 Å². The first-order chi connectivity index (χ1) is 6.42. The second-order valence-electron chi connectivity index (χ2n) is 2.99. The van der Waals surface area contributed by atoms with Gasteiger partial charge in [0, 0.05) is 0 Å². The summed E-state index contributed by atoms with van der Waals surface area (Å²) in [6, 6.07) is 13.1. The van der Waals surface area contributed by atoms with Crippen molar-refractivity contribution in [3.8, 4) is 10.0 Å². The molecule has 0 fully saturated rings. The maximum absolute atomic E-state index is 2.27. The third kappa shape index (κ3) is 1.77. The molecule has 0 atom stereocenters. The Bertz CT molecular complexity index is 374. The van der Waals surface area contributed by atoms with E-state index in [2.05, 4.69) is 48.3 Å². The van der Waals surface area contributed by atoms with Gasteiger partial charge in [0.05, 0.1) is 0 Å². The standard InChI is InChI=1S/C12H12Se/c1-2-10-6-3-4-7-11(10)12-8-5-9-13-12/h3-9H,2H2,1H3. The summed E-state index contributed by atoms with van der Waals surface area (Å²) in [4.78, 5) is 2.27. The predicted octanol–water partition coefficient (Wildman–Crippen LogP) is 2.97. The summed E-state index contributed by atoms with van der Waals surface area (Å²) < 4.78 is 1.52. The van der Waals surface area contributed by atoms with Crippen molar-refractivity contribution >= 4 is 14.5 Å². The van der Waals surface area contributed by atoms with E-state index < -0.39 is 0 Å². The van der Waals surface area contributed by atoms with Crippen LogP contribution in [-0.4, -0.2) is 14.5 Å². The Labute approximate surface area is 85.0 Å². The number of benzene rings is 1. The van der Waals surface area contributed by atoms with Crippen LogP contribution in [-0.2, 0) is 6.42 Å². The van der Waals surface area contributed by atoms with Crippen molar-refractivity contribution < 1.29 is 0 Å². The predicted molar refractivity (Wildman–Crippen MR) is 58.2 cm³/mol. The molecule has 0 nitrogen and oxygen atoms in total. The molecule has 0 bridgehead atoms. The van der Waals surface area contributed by atoms with E-state index in [9.17, 15) is 0 Å². The van der Waals surface area contributed by atoms with Gasteiger partial charge in [0.1, 0.15) is 0 Å². The van der Waals surface area contributed by atoms with Crippen LogP contribution in [0.25, 0.3) is 10.0 Å². The molecule has 2 aromatic rings. The normalized spacial score (nSPS) is 10.2. The number of hydrogen-bond donors (Lipinski definition) is 0. The van der Waals surface area contributed by atoms with Crippen LogP contribution in [0.3, 0.4) is 0 Å². The zero-order chi connectivity index (χ0) is 9.10. The van der Waals surface area contributed by atoms with Crippen molar-refractivity contribution in [1.29, 1.82) is 0 Å². The molecule has 0 saturated carbocycles. The first-order valence-electron chi connectivity index (χ1n) is 4.53. The number of rotatable bonds is 2. The first-order valence-corrected chi connectivity index (χ1v) is 6.38. The zero-order valence-electron chi connectivity index (χ0n) is 7.66. The van der Waals surface area contributed by atoms with Crippen molar-refractivity contribution in [1.82, 2.24) is 0 Å². The average molecular weight is 235 g/mol. The maximum atomic E-state index is 2.27. The van der Waals surface area contributed by atoms with Crippen LogP contribution in [0.1, 0.15) is 12.5 Å². The summed E-state index contributed by atoms with van der Waals surface area (Å²) in [7, 11) is 0. The third-order valence-electron chi connectivity index (χ3n) is 2.18. The van der Waals surface area contributed by atoms with E-state index in [1.54, 1.807) is 0 Å². The Morgan fingerprint density at radius 2 is 1.92 bits per heavy atom. The van der Waals surface area contributed by atoms with Crippen molar-refractivity contribution in [3.63, 3.8) is 0 Å². The van der Waals surface area contributed by atoms with E-state index in [4.69, 9.17) is 0 Å². The van der Waals surface area contributed by atoms with Crippen molar-refractivity contribution in [2.75, 3.05) is 0 Å². The van der Waals surface area contributed by atoms with Gasteiger partial charge in [0.2, 0.25) is 0 Å². The molecule has 0 aliphatic carbocycles. The number of hydrogen-bond acceptors (Lipinski definition) is 0. The molecule has 2 rings (SSSR count). The molecule has 0 unspecified atom stereocenters. The summed E-state index contributed by atoms with van der Waals surface area (Å²) in [5.74, 6) is 0. The molecule has 1 aromatic carbocycles. The van der Waals surface area contributed by atoms with E-state index in [0.29, 0.717) is 14.5 Å². The van der Waals surface area contributed by atoms with Crippen LogP contribution in [0.5, 0.6) is 0 Å². The average Bonchev–Trinajstić information content (AvgIpc) is 2.70. The summed E-state index contributed by atoms with van der Waals surface area (Å²) >= 11 is 0.561. The van der Waals surface area contributed by atoms with Crippen LogP contribution >= 0.6 is 0 Å². The summed E-state index contributed by atoms with van der Waals surface area (Å²) in [5.41, 5.74) is 2.93. The Hall–Kier alpha value is -0.781. The van der Waals surface area contributed by atoms with Crippen LogP contribution < -0.4 is 0 Å². The van der Waals surface area contributed by atoms with Gasteiger partial charge in [-0.2, -0.15) is 0 Å². The van der Waals surface area contributed by atoms with Crippen LogP contribution in [0.4, 0.5) is 0 Å². The van der Waals surface area contributed by atoms with E-state index in [1.165, 1.54) is 15.6 Å². The van der Waals surface area contributed by atoms with E-state index in [1.807, 2.05) is 0 Å². The molecule has 0 spiro atoms. The molecule has 1 heterocycles.